The van der Waals surface area contributed by atoms with Crippen LogP contribution in [0.4, 0.5) is 5.82 Å². The molecule has 0 bridgehead atoms. The second-order valence-electron chi connectivity index (χ2n) is 7.33. The summed E-state index contributed by atoms with van der Waals surface area (Å²) < 4.78 is 0. The number of anilines is 1. The highest BCUT2D eigenvalue weighted by Gasteiger charge is 2.19. The van der Waals surface area contributed by atoms with Gasteiger partial charge in [-0.2, -0.15) is 5.26 Å². The number of nitriles is 1. The molecule has 5 heteroatoms. The third kappa shape index (κ3) is 3.49. The predicted molar refractivity (Wildman–Crippen MR) is 109 cm³/mol. The van der Waals surface area contributed by atoms with Crippen LogP contribution in [0.2, 0.25) is 0 Å². The van der Waals surface area contributed by atoms with Gasteiger partial charge in [0.2, 0.25) is 0 Å². The van der Waals surface area contributed by atoms with E-state index in [-0.39, 0.29) is 0 Å². The van der Waals surface area contributed by atoms with Crippen molar-refractivity contribution in [1.82, 2.24) is 15.1 Å². The van der Waals surface area contributed by atoms with Gasteiger partial charge in [0.1, 0.15) is 5.69 Å². The first kappa shape index (κ1) is 17.4. The first-order chi connectivity index (χ1) is 13.2. The summed E-state index contributed by atoms with van der Waals surface area (Å²) in [6.07, 6.45) is 2.35. The van der Waals surface area contributed by atoms with Crippen LogP contribution in [0.25, 0.3) is 22.0 Å². The number of aryl methyl sites for hydroxylation is 1. The van der Waals surface area contributed by atoms with E-state index in [1.165, 1.54) is 6.42 Å². The van der Waals surface area contributed by atoms with Crippen LogP contribution in [0.5, 0.6) is 0 Å². The second-order valence-corrected chi connectivity index (χ2v) is 7.33. The van der Waals surface area contributed by atoms with Crippen molar-refractivity contribution in [3.05, 3.63) is 53.6 Å². The van der Waals surface area contributed by atoms with E-state index in [9.17, 15) is 0 Å². The minimum atomic E-state index is 0.393. The van der Waals surface area contributed by atoms with E-state index in [1.807, 2.05) is 37.3 Å². The summed E-state index contributed by atoms with van der Waals surface area (Å²) in [6.45, 7) is 4.19. The van der Waals surface area contributed by atoms with Crippen LogP contribution in [-0.2, 0) is 0 Å². The van der Waals surface area contributed by atoms with Crippen LogP contribution in [0.3, 0.4) is 0 Å². The average Bonchev–Trinajstić information content (AvgIpc) is 2.68. The molecule has 3 aromatic rings. The van der Waals surface area contributed by atoms with Crippen molar-refractivity contribution in [2.45, 2.75) is 25.8 Å². The Morgan fingerprint density at radius 2 is 1.96 bits per heavy atom. The van der Waals surface area contributed by atoms with Gasteiger partial charge in [-0.1, -0.05) is 30.3 Å². The normalized spacial score (nSPS) is 17.6. The van der Waals surface area contributed by atoms with E-state index in [0.717, 1.165) is 52.9 Å². The first-order valence-electron chi connectivity index (χ1n) is 9.37. The molecule has 1 aliphatic heterocycles. The molecule has 0 spiro atoms. The maximum absolute atomic E-state index is 9.12. The molecule has 0 radical (unpaired) electrons. The smallest absolute Gasteiger partial charge is 0.156 e. The predicted octanol–water partition coefficient (Wildman–Crippen LogP) is 3.98. The topological polar surface area (TPSA) is 64.8 Å². The molecule has 1 saturated heterocycles. The van der Waals surface area contributed by atoms with Gasteiger partial charge in [-0.3, -0.25) is 0 Å². The van der Waals surface area contributed by atoms with Gasteiger partial charge in [-0.15, -0.1) is 10.2 Å². The van der Waals surface area contributed by atoms with Gasteiger partial charge in [0.05, 0.1) is 11.6 Å². The number of piperidine rings is 1. The maximum Gasteiger partial charge on any atom is 0.156 e. The molecule has 1 unspecified atom stereocenters. The Balaban J connectivity index is 1.76. The highest BCUT2D eigenvalue weighted by Crippen LogP contribution is 2.32. The van der Waals surface area contributed by atoms with E-state index in [0.29, 0.717) is 11.6 Å². The zero-order valence-electron chi connectivity index (χ0n) is 15.7. The van der Waals surface area contributed by atoms with Crippen LogP contribution >= 0.6 is 0 Å². The first-order valence-corrected chi connectivity index (χ1v) is 9.37. The summed E-state index contributed by atoms with van der Waals surface area (Å²) in [5, 5.41) is 24.0. The lowest BCUT2D eigenvalue weighted by atomic mass is 9.99. The van der Waals surface area contributed by atoms with Gasteiger partial charge >= 0.3 is 0 Å². The summed E-state index contributed by atoms with van der Waals surface area (Å²) in [6, 6.07) is 16.5. The van der Waals surface area contributed by atoms with Crippen LogP contribution < -0.4 is 5.32 Å². The summed E-state index contributed by atoms with van der Waals surface area (Å²) in [5.41, 5.74) is 3.57. The molecule has 1 aromatic heterocycles. The van der Waals surface area contributed by atoms with E-state index in [2.05, 4.69) is 45.7 Å². The Morgan fingerprint density at radius 1 is 1.15 bits per heavy atom. The van der Waals surface area contributed by atoms with Gasteiger partial charge in [-0.25, -0.2) is 0 Å². The molecule has 1 atom stereocenters. The van der Waals surface area contributed by atoms with Gasteiger partial charge in [0.15, 0.2) is 5.82 Å². The molecule has 27 heavy (non-hydrogen) atoms. The SMILES string of the molecule is Cc1cc(C#N)ccc1-c1nnc(NC2CCCN(C)C2)c2ccccc12. The Morgan fingerprint density at radius 3 is 2.70 bits per heavy atom. The van der Waals surface area contributed by atoms with Crippen molar-refractivity contribution in [3.8, 4) is 17.3 Å². The number of aromatic nitrogens is 2. The summed E-state index contributed by atoms with van der Waals surface area (Å²) in [5.74, 6) is 0.848. The molecule has 2 heterocycles. The molecule has 1 fully saturated rings. The number of hydrogen-bond acceptors (Lipinski definition) is 5. The summed E-state index contributed by atoms with van der Waals surface area (Å²) >= 11 is 0. The van der Waals surface area contributed by atoms with Gasteiger partial charge in [-0.05, 0) is 51.1 Å². The molecule has 136 valence electrons. The Hall–Kier alpha value is -2.97. The van der Waals surface area contributed by atoms with Gasteiger partial charge < -0.3 is 10.2 Å². The number of nitrogens with zero attached hydrogens (tertiary/aromatic N) is 4. The van der Waals surface area contributed by atoms with E-state index in [1.54, 1.807) is 0 Å². The fraction of sp³-hybridized carbons (Fsp3) is 0.318. The van der Waals surface area contributed by atoms with Crippen molar-refractivity contribution in [3.63, 3.8) is 0 Å². The molecule has 0 amide bonds. The van der Waals surface area contributed by atoms with Crippen LogP contribution in [-0.4, -0.2) is 41.3 Å². The Labute approximate surface area is 159 Å². The average molecular weight is 357 g/mol. The third-order valence-electron chi connectivity index (χ3n) is 5.26. The van der Waals surface area contributed by atoms with Crippen LogP contribution in [0.15, 0.2) is 42.5 Å². The maximum atomic E-state index is 9.12. The molecule has 1 N–H and O–H groups in total. The van der Waals surface area contributed by atoms with Crippen molar-refractivity contribution in [1.29, 1.82) is 5.26 Å². The van der Waals surface area contributed by atoms with Crippen molar-refractivity contribution < 1.29 is 0 Å². The van der Waals surface area contributed by atoms with E-state index in [4.69, 9.17) is 5.26 Å². The number of benzene rings is 2. The fourth-order valence-corrected chi connectivity index (χ4v) is 3.89. The highest BCUT2D eigenvalue weighted by atomic mass is 15.2. The zero-order chi connectivity index (χ0) is 18.8. The number of rotatable bonds is 3. The summed E-state index contributed by atoms with van der Waals surface area (Å²) in [4.78, 5) is 2.35. The van der Waals surface area contributed by atoms with Gasteiger partial charge in [0, 0.05) is 28.9 Å². The van der Waals surface area contributed by atoms with E-state index < -0.39 is 0 Å². The van der Waals surface area contributed by atoms with Crippen molar-refractivity contribution in [2.24, 2.45) is 0 Å². The van der Waals surface area contributed by atoms with Gasteiger partial charge in [0.25, 0.3) is 0 Å². The monoisotopic (exact) mass is 357 g/mol. The molecule has 5 nitrogen and oxygen atoms in total. The van der Waals surface area contributed by atoms with Crippen molar-refractivity contribution >= 4 is 16.6 Å². The van der Waals surface area contributed by atoms with Crippen LogP contribution in [0, 0.1) is 18.3 Å². The Bertz CT molecular complexity index is 1020. The quantitative estimate of drug-likeness (QED) is 0.768. The molecular formula is C22H23N5. The van der Waals surface area contributed by atoms with Crippen molar-refractivity contribution in [2.75, 3.05) is 25.5 Å². The molecule has 0 saturated carbocycles. The number of nitrogens with one attached hydrogen (secondary N) is 1. The lowest BCUT2D eigenvalue weighted by Gasteiger charge is -2.30. The summed E-state index contributed by atoms with van der Waals surface area (Å²) in [7, 11) is 2.16. The standard InChI is InChI=1S/C22H23N5/c1-15-12-16(13-23)9-10-18(15)21-19-7-3-4-8-20(19)22(26-25-21)24-17-6-5-11-27(2)14-17/h3-4,7-10,12,17H,5-6,11,14H2,1-2H3,(H,24,26). The lowest BCUT2D eigenvalue weighted by Crippen LogP contribution is -2.40. The fourth-order valence-electron chi connectivity index (χ4n) is 3.89. The molecule has 2 aromatic carbocycles. The molecule has 4 rings (SSSR count). The minimum Gasteiger partial charge on any atom is -0.364 e. The Kier molecular flexibility index (Phi) is 4.74. The minimum absolute atomic E-state index is 0.393. The number of fused-ring (bicyclic) bond motifs is 1. The molecule has 1 aliphatic rings. The number of hydrogen-bond donors (Lipinski definition) is 1. The van der Waals surface area contributed by atoms with Crippen LogP contribution in [0.1, 0.15) is 24.0 Å². The second kappa shape index (κ2) is 7.34. The molecule has 0 aliphatic carbocycles. The number of likely N-dealkylation sites (tertiary alicyclic amines) is 1. The largest absolute Gasteiger partial charge is 0.364 e. The number of likely N-dealkylation sites (N-methyl/N-ethyl adjacent to an activating group) is 1. The highest BCUT2D eigenvalue weighted by molar-refractivity contribution is 6.00. The zero-order valence-corrected chi connectivity index (χ0v) is 15.7. The van der Waals surface area contributed by atoms with E-state index >= 15 is 0 Å². The third-order valence-corrected chi connectivity index (χ3v) is 5.26. The lowest BCUT2D eigenvalue weighted by molar-refractivity contribution is 0.261. The molecular weight excluding hydrogens is 334 g/mol.